The van der Waals surface area contributed by atoms with Gasteiger partial charge in [0.05, 0.1) is 21.6 Å². The predicted octanol–water partition coefficient (Wildman–Crippen LogP) is 3.42. The molecule has 0 spiro atoms. The van der Waals surface area contributed by atoms with Crippen LogP contribution in [-0.2, 0) is 7.05 Å². The van der Waals surface area contributed by atoms with E-state index in [-0.39, 0.29) is 11.8 Å². The molecule has 3 nitrogen and oxygen atoms in total. The van der Waals surface area contributed by atoms with Gasteiger partial charge in [-0.2, -0.15) is 0 Å². The molecule has 1 aliphatic rings. The van der Waals surface area contributed by atoms with Crippen LogP contribution >= 0.6 is 23.2 Å². The van der Waals surface area contributed by atoms with Crippen LogP contribution in [0.3, 0.4) is 0 Å². The third-order valence-electron chi connectivity index (χ3n) is 3.67. The summed E-state index contributed by atoms with van der Waals surface area (Å²) in [7, 11) is 1.91. The van der Waals surface area contributed by atoms with Crippen molar-refractivity contribution in [2.24, 2.45) is 7.05 Å². The number of rotatable bonds is 2. The highest BCUT2D eigenvalue weighted by Gasteiger charge is 2.26. The van der Waals surface area contributed by atoms with Gasteiger partial charge in [0.15, 0.2) is 5.78 Å². The summed E-state index contributed by atoms with van der Waals surface area (Å²) in [6, 6.07) is 3.51. The zero-order valence-corrected chi connectivity index (χ0v) is 12.1. The lowest BCUT2D eigenvalue weighted by Gasteiger charge is -2.07. The van der Waals surface area contributed by atoms with Gasteiger partial charge in [0.1, 0.15) is 0 Å². The molecular weight excluding hydrogens is 283 g/mol. The largest absolute Gasteiger partial charge is 0.350 e. The molecule has 0 saturated carbocycles. The molecule has 5 heteroatoms. The average molecular weight is 297 g/mol. The molecule has 1 fully saturated rings. The van der Waals surface area contributed by atoms with E-state index in [1.54, 1.807) is 12.1 Å². The first-order valence-electron chi connectivity index (χ1n) is 6.29. The number of hydrogen-bond donors (Lipinski definition) is 1. The molecule has 1 aromatic heterocycles. The van der Waals surface area contributed by atoms with Crippen molar-refractivity contribution in [3.8, 4) is 0 Å². The summed E-state index contributed by atoms with van der Waals surface area (Å²) >= 11 is 12.1. The molecule has 1 unspecified atom stereocenters. The standard InChI is InChI=1S/C14H14Cl2N2O/c1-18-7-9(14(19)12-3-2-4-17-12)8-5-10(15)11(16)6-13(8)18/h5-7,12,17H,2-4H2,1H3. The smallest absolute Gasteiger partial charge is 0.181 e. The van der Waals surface area contributed by atoms with Crippen LogP contribution in [0.2, 0.25) is 10.0 Å². The lowest BCUT2D eigenvalue weighted by Crippen LogP contribution is -2.30. The normalized spacial score (nSPS) is 19.2. The Morgan fingerprint density at radius 2 is 2.11 bits per heavy atom. The Kier molecular flexibility index (Phi) is 3.29. The van der Waals surface area contributed by atoms with E-state index in [1.165, 1.54) is 0 Å². The Balaban J connectivity index is 2.13. The number of ketones is 1. The van der Waals surface area contributed by atoms with Gasteiger partial charge in [0.2, 0.25) is 0 Å². The van der Waals surface area contributed by atoms with Crippen molar-refractivity contribution in [2.45, 2.75) is 18.9 Å². The van der Waals surface area contributed by atoms with Crippen LogP contribution in [0.4, 0.5) is 0 Å². The zero-order valence-electron chi connectivity index (χ0n) is 10.5. The Hall–Kier alpha value is -1.03. The molecule has 1 aliphatic heterocycles. The first kappa shape index (κ1) is 13.0. The summed E-state index contributed by atoms with van der Waals surface area (Å²) in [5, 5.41) is 5.10. The summed E-state index contributed by atoms with van der Waals surface area (Å²) < 4.78 is 1.92. The quantitative estimate of drug-likeness (QED) is 0.862. The van der Waals surface area contributed by atoms with Gasteiger partial charge in [-0.1, -0.05) is 23.2 Å². The molecule has 1 atom stereocenters. The Labute approximate surface area is 121 Å². The lowest BCUT2D eigenvalue weighted by atomic mass is 10.0. The first-order chi connectivity index (χ1) is 9.08. The van der Waals surface area contributed by atoms with Crippen LogP contribution in [0, 0.1) is 0 Å². The molecule has 0 aliphatic carbocycles. The summed E-state index contributed by atoms with van der Waals surface area (Å²) in [5.41, 5.74) is 1.64. The van der Waals surface area contributed by atoms with Crippen LogP contribution < -0.4 is 5.32 Å². The average Bonchev–Trinajstić information content (AvgIpc) is 3.00. The van der Waals surface area contributed by atoms with Gasteiger partial charge in [0, 0.05) is 24.2 Å². The minimum absolute atomic E-state index is 0.0694. The highest BCUT2D eigenvalue weighted by molar-refractivity contribution is 6.43. The van der Waals surface area contributed by atoms with Crippen molar-refractivity contribution in [1.29, 1.82) is 0 Å². The van der Waals surface area contributed by atoms with Crippen molar-refractivity contribution >= 4 is 39.9 Å². The lowest BCUT2D eigenvalue weighted by molar-refractivity contribution is 0.0954. The van der Waals surface area contributed by atoms with Gasteiger partial charge < -0.3 is 9.88 Å². The monoisotopic (exact) mass is 296 g/mol. The molecule has 0 bridgehead atoms. The second-order valence-corrected chi connectivity index (χ2v) is 5.76. The second-order valence-electron chi connectivity index (χ2n) is 4.95. The number of carbonyl (C=O) groups is 1. The Morgan fingerprint density at radius 1 is 1.37 bits per heavy atom. The topological polar surface area (TPSA) is 34.0 Å². The van der Waals surface area contributed by atoms with E-state index in [0.717, 1.165) is 35.9 Å². The predicted molar refractivity (Wildman–Crippen MR) is 78.3 cm³/mol. The maximum absolute atomic E-state index is 12.5. The van der Waals surface area contributed by atoms with Crippen molar-refractivity contribution in [3.63, 3.8) is 0 Å². The number of fused-ring (bicyclic) bond motifs is 1. The van der Waals surface area contributed by atoms with Gasteiger partial charge in [-0.3, -0.25) is 4.79 Å². The van der Waals surface area contributed by atoms with Crippen molar-refractivity contribution in [3.05, 3.63) is 33.9 Å². The zero-order chi connectivity index (χ0) is 13.6. The number of Topliss-reactive ketones (excluding diaryl/α,β-unsaturated/α-hetero) is 1. The number of hydrogen-bond acceptors (Lipinski definition) is 2. The highest BCUT2D eigenvalue weighted by Crippen LogP contribution is 2.31. The minimum atomic E-state index is -0.0694. The fourth-order valence-corrected chi connectivity index (χ4v) is 2.99. The number of nitrogens with zero attached hydrogens (tertiary/aromatic N) is 1. The summed E-state index contributed by atoms with van der Waals surface area (Å²) in [4.78, 5) is 12.5. The van der Waals surface area contributed by atoms with Gasteiger partial charge in [0.25, 0.3) is 0 Å². The van der Waals surface area contributed by atoms with Gasteiger partial charge in [-0.15, -0.1) is 0 Å². The van der Waals surface area contributed by atoms with Crippen LogP contribution in [0.15, 0.2) is 18.3 Å². The van der Waals surface area contributed by atoms with Gasteiger partial charge in [-0.05, 0) is 31.5 Å². The van der Waals surface area contributed by atoms with Crippen molar-refractivity contribution in [1.82, 2.24) is 9.88 Å². The van der Waals surface area contributed by atoms with E-state index in [1.807, 2.05) is 17.8 Å². The van der Waals surface area contributed by atoms with Crippen LogP contribution in [-0.4, -0.2) is 22.9 Å². The fourth-order valence-electron chi connectivity index (χ4n) is 2.67. The summed E-state index contributed by atoms with van der Waals surface area (Å²) in [6.45, 7) is 0.910. The fraction of sp³-hybridized carbons (Fsp3) is 0.357. The SMILES string of the molecule is Cn1cc(C(=O)C2CCCN2)c2cc(Cl)c(Cl)cc21. The van der Waals surface area contributed by atoms with E-state index in [2.05, 4.69) is 5.32 Å². The Bertz CT molecular complexity index is 657. The van der Waals surface area contributed by atoms with Gasteiger partial charge >= 0.3 is 0 Å². The van der Waals surface area contributed by atoms with E-state index in [9.17, 15) is 4.79 Å². The highest BCUT2D eigenvalue weighted by atomic mass is 35.5. The number of benzene rings is 1. The van der Waals surface area contributed by atoms with Crippen LogP contribution in [0.25, 0.3) is 10.9 Å². The molecular formula is C14H14Cl2N2O. The third kappa shape index (κ3) is 2.16. The number of carbonyl (C=O) groups excluding carboxylic acids is 1. The minimum Gasteiger partial charge on any atom is -0.350 e. The molecule has 2 aromatic rings. The van der Waals surface area contributed by atoms with E-state index >= 15 is 0 Å². The third-order valence-corrected chi connectivity index (χ3v) is 4.40. The summed E-state index contributed by atoms with van der Waals surface area (Å²) in [6.07, 6.45) is 3.81. The molecule has 19 heavy (non-hydrogen) atoms. The van der Waals surface area contributed by atoms with Crippen molar-refractivity contribution in [2.75, 3.05) is 6.54 Å². The van der Waals surface area contributed by atoms with E-state index in [4.69, 9.17) is 23.2 Å². The molecule has 1 N–H and O–H groups in total. The number of aromatic nitrogens is 1. The summed E-state index contributed by atoms with van der Waals surface area (Å²) in [5.74, 6) is 0.140. The van der Waals surface area contributed by atoms with Crippen molar-refractivity contribution < 1.29 is 4.79 Å². The maximum Gasteiger partial charge on any atom is 0.181 e. The second kappa shape index (κ2) is 4.82. The van der Waals surface area contributed by atoms with E-state index < -0.39 is 0 Å². The Morgan fingerprint density at radius 3 is 2.79 bits per heavy atom. The maximum atomic E-state index is 12.5. The molecule has 1 saturated heterocycles. The number of aryl methyl sites for hydroxylation is 1. The molecule has 0 radical (unpaired) electrons. The van der Waals surface area contributed by atoms with Crippen LogP contribution in [0.1, 0.15) is 23.2 Å². The van der Waals surface area contributed by atoms with Crippen LogP contribution in [0.5, 0.6) is 0 Å². The molecule has 100 valence electrons. The number of nitrogens with one attached hydrogen (secondary N) is 1. The first-order valence-corrected chi connectivity index (χ1v) is 7.05. The molecule has 0 amide bonds. The molecule has 3 rings (SSSR count). The van der Waals surface area contributed by atoms with E-state index in [0.29, 0.717) is 10.0 Å². The molecule has 1 aromatic carbocycles. The number of halogens is 2. The molecule has 2 heterocycles. The van der Waals surface area contributed by atoms with Gasteiger partial charge in [-0.25, -0.2) is 0 Å².